The van der Waals surface area contributed by atoms with Crippen LogP contribution >= 0.6 is 11.8 Å². The van der Waals surface area contributed by atoms with Crippen molar-refractivity contribution in [3.05, 3.63) is 23.4 Å². The van der Waals surface area contributed by atoms with Crippen molar-refractivity contribution < 1.29 is 5.21 Å². The number of oxime groups is 1. The van der Waals surface area contributed by atoms with Crippen molar-refractivity contribution in [3.8, 4) is 0 Å². The standard InChI is InChI=1S/C12H17N3OS/c1-8-6-7-14-12(10(8)11(13)15-16)17-9-4-2-3-5-9/h6-7,9,16H,2-5H2,1H3,(H2,13,15). The summed E-state index contributed by atoms with van der Waals surface area (Å²) in [6.45, 7) is 1.95. The highest BCUT2D eigenvalue weighted by molar-refractivity contribution is 7.99. The second-order valence-corrected chi connectivity index (χ2v) is 5.61. The van der Waals surface area contributed by atoms with Crippen LogP contribution < -0.4 is 5.73 Å². The summed E-state index contributed by atoms with van der Waals surface area (Å²) < 4.78 is 0. The van der Waals surface area contributed by atoms with Crippen LogP contribution in [0.25, 0.3) is 0 Å². The maximum Gasteiger partial charge on any atom is 0.173 e. The monoisotopic (exact) mass is 251 g/mol. The summed E-state index contributed by atoms with van der Waals surface area (Å²) in [4.78, 5) is 4.36. The molecule has 3 N–H and O–H groups in total. The summed E-state index contributed by atoms with van der Waals surface area (Å²) >= 11 is 1.75. The first kappa shape index (κ1) is 12.2. The first-order valence-corrected chi connectivity index (χ1v) is 6.70. The molecule has 1 heterocycles. The molecule has 4 nitrogen and oxygen atoms in total. The van der Waals surface area contributed by atoms with Gasteiger partial charge in [0.05, 0.1) is 5.56 Å². The van der Waals surface area contributed by atoms with Gasteiger partial charge in [0.15, 0.2) is 5.84 Å². The molecule has 92 valence electrons. The molecule has 1 aromatic rings. The average molecular weight is 251 g/mol. The van der Waals surface area contributed by atoms with Crippen LogP contribution in [0, 0.1) is 6.92 Å². The largest absolute Gasteiger partial charge is 0.409 e. The van der Waals surface area contributed by atoms with Gasteiger partial charge >= 0.3 is 0 Å². The van der Waals surface area contributed by atoms with Gasteiger partial charge in [-0.15, -0.1) is 11.8 Å². The Hall–Kier alpha value is -1.23. The maximum atomic E-state index is 8.82. The summed E-state index contributed by atoms with van der Waals surface area (Å²) in [5.41, 5.74) is 7.48. The van der Waals surface area contributed by atoms with Crippen molar-refractivity contribution in [1.82, 2.24) is 4.98 Å². The van der Waals surface area contributed by atoms with Gasteiger partial charge in [-0.2, -0.15) is 0 Å². The lowest BCUT2D eigenvalue weighted by Gasteiger charge is -2.13. The van der Waals surface area contributed by atoms with Crippen molar-refractivity contribution in [3.63, 3.8) is 0 Å². The van der Waals surface area contributed by atoms with E-state index in [9.17, 15) is 0 Å². The van der Waals surface area contributed by atoms with E-state index in [2.05, 4.69) is 10.1 Å². The Morgan fingerprint density at radius 3 is 2.88 bits per heavy atom. The van der Waals surface area contributed by atoms with E-state index in [1.165, 1.54) is 25.7 Å². The van der Waals surface area contributed by atoms with E-state index in [-0.39, 0.29) is 5.84 Å². The summed E-state index contributed by atoms with van der Waals surface area (Å²) in [5, 5.41) is 13.4. The van der Waals surface area contributed by atoms with Crippen LogP contribution in [0.1, 0.15) is 36.8 Å². The second-order valence-electron chi connectivity index (χ2n) is 4.32. The summed E-state index contributed by atoms with van der Waals surface area (Å²) in [5.74, 6) is 0.149. The molecule has 1 aliphatic rings. The third-order valence-corrected chi connectivity index (χ3v) is 4.41. The van der Waals surface area contributed by atoms with Gasteiger partial charge in [-0.25, -0.2) is 4.98 Å². The van der Waals surface area contributed by atoms with Crippen LogP contribution in [0.2, 0.25) is 0 Å². The van der Waals surface area contributed by atoms with Gasteiger partial charge in [0.2, 0.25) is 0 Å². The third kappa shape index (κ3) is 2.72. The number of rotatable bonds is 3. The Labute approximate surface area is 105 Å². The number of aryl methyl sites for hydroxylation is 1. The van der Waals surface area contributed by atoms with Gasteiger partial charge in [0, 0.05) is 11.4 Å². The maximum absolute atomic E-state index is 8.82. The van der Waals surface area contributed by atoms with Crippen LogP contribution in [0.15, 0.2) is 22.4 Å². The second kappa shape index (κ2) is 5.40. The van der Waals surface area contributed by atoms with E-state index in [0.29, 0.717) is 5.25 Å². The molecule has 0 unspecified atom stereocenters. The molecule has 1 aromatic heterocycles. The number of hydrogen-bond donors (Lipinski definition) is 2. The van der Waals surface area contributed by atoms with Gasteiger partial charge < -0.3 is 10.9 Å². The van der Waals surface area contributed by atoms with Crippen molar-refractivity contribution in [2.45, 2.75) is 42.9 Å². The first-order chi connectivity index (χ1) is 8.22. The zero-order chi connectivity index (χ0) is 12.3. The molecule has 1 saturated carbocycles. The van der Waals surface area contributed by atoms with E-state index < -0.39 is 0 Å². The molecule has 0 atom stereocenters. The van der Waals surface area contributed by atoms with Gasteiger partial charge in [-0.05, 0) is 31.4 Å². The SMILES string of the molecule is Cc1ccnc(SC2CCCC2)c1/C(N)=N/O. The molecule has 0 saturated heterocycles. The Balaban J connectivity index is 2.29. The number of nitrogens with zero attached hydrogens (tertiary/aromatic N) is 2. The normalized spacial score (nSPS) is 17.6. The number of amidine groups is 1. The molecule has 1 aliphatic carbocycles. The fraction of sp³-hybridized carbons (Fsp3) is 0.500. The molecule has 0 spiro atoms. The number of aromatic nitrogens is 1. The zero-order valence-electron chi connectivity index (χ0n) is 9.89. The Morgan fingerprint density at radius 1 is 1.53 bits per heavy atom. The summed E-state index contributed by atoms with van der Waals surface area (Å²) in [6.07, 6.45) is 6.83. The first-order valence-electron chi connectivity index (χ1n) is 5.82. The molecule has 0 amide bonds. The highest BCUT2D eigenvalue weighted by atomic mass is 32.2. The summed E-state index contributed by atoms with van der Waals surface area (Å²) in [6, 6.07) is 1.88. The fourth-order valence-corrected chi connectivity index (χ4v) is 3.54. The van der Waals surface area contributed by atoms with Crippen LogP contribution in [-0.2, 0) is 0 Å². The smallest absolute Gasteiger partial charge is 0.173 e. The number of pyridine rings is 1. The van der Waals surface area contributed by atoms with Crippen LogP contribution in [-0.4, -0.2) is 21.3 Å². The fourth-order valence-electron chi connectivity index (χ4n) is 2.15. The quantitative estimate of drug-likeness (QED) is 0.375. The van der Waals surface area contributed by atoms with E-state index in [1.807, 2.05) is 13.0 Å². The van der Waals surface area contributed by atoms with Crippen LogP contribution in [0.4, 0.5) is 0 Å². The van der Waals surface area contributed by atoms with Gasteiger partial charge in [0.1, 0.15) is 5.03 Å². The van der Waals surface area contributed by atoms with E-state index in [0.717, 1.165) is 16.2 Å². The van der Waals surface area contributed by atoms with Crippen LogP contribution in [0.5, 0.6) is 0 Å². The topological polar surface area (TPSA) is 71.5 Å². The minimum atomic E-state index is 0.149. The molecule has 2 rings (SSSR count). The minimum Gasteiger partial charge on any atom is -0.409 e. The molecule has 1 fully saturated rings. The minimum absolute atomic E-state index is 0.149. The lowest BCUT2D eigenvalue weighted by atomic mass is 10.1. The lowest BCUT2D eigenvalue weighted by molar-refractivity contribution is 0.318. The number of hydrogen-bond acceptors (Lipinski definition) is 4. The third-order valence-electron chi connectivity index (χ3n) is 3.07. The molecule has 0 aliphatic heterocycles. The van der Waals surface area contributed by atoms with Crippen molar-refractivity contribution in [1.29, 1.82) is 0 Å². The summed E-state index contributed by atoms with van der Waals surface area (Å²) in [7, 11) is 0. The van der Waals surface area contributed by atoms with Crippen molar-refractivity contribution in [2.24, 2.45) is 10.9 Å². The average Bonchev–Trinajstić information content (AvgIpc) is 2.81. The molecule has 0 aromatic carbocycles. The molecule has 0 radical (unpaired) electrons. The molecular weight excluding hydrogens is 234 g/mol. The Morgan fingerprint density at radius 2 is 2.24 bits per heavy atom. The Bertz CT molecular complexity index is 428. The predicted molar refractivity (Wildman–Crippen MR) is 69.6 cm³/mol. The highest BCUT2D eigenvalue weighted by Gasteiger charge is 2.20. The molecule has 0 bridgehead atoms. The van der Waals surface area contributed by atoms with Crippen LogP contribution in [0.3, 0.4) is 0 Å². The predicted octanol–water partition coefficient (Wildman–Crippen LogP) is 2.52. The number of nitrogens with two attached hydrogens (primary N) is 1. The van der Waals surface area contributed by atoms with Gasteiger partial charge in [0.25, 0.3) is 0 Å². The van der Waals surface area contributed by atoms with Gasteiger partial charge in [-0.1, -0.05) is 18.0 Å². The molecular formula is C12H17N3OS. The molecule has 17 heavy (non-hydrogen) atoms. The zero-order valence-corrected chi connectivity index (χ0v) is 10.7. The van der Waals surface area contributed by atoms with E-state index >= 15 is 0 Å². The van der Waals surface area contributed by atoms with Gasteiger partial charge in [-0.3, -0.25) is 0 Å². The number of thioether (sulfide) groups is 1. The Kier molecular flexibility index (Phi) is 3.89. The van der Waals surface area contributed by atoms with E-state index in [1.54, 1.807) is 18.0 Å². The van der Waals surface area contributed by atoms with Crippen molar-refractivity contribution >= 4 is 17.6 Å². The highest BCUT2D eigenvalue weighted by Crippen LogP contribution is 2.35. The lowest BCUT2D eigenvalue weighted by Crippen LogP contribution is -2.17. The van der Waals surface area contributed by atoms with E-state index in [4.69, 9.17) is 10.9 Å². The van der Waals surface area contributed by atoms with Crippen molar-refractivity contribution in [2.75, 3.05) is 0 Å². The molecule has 5 heteroatoms.